The van der Waals surface area contributed by atoms with Crippen LogP contribution >= 0.6 is 0 Å². The predicted octanol–water partition coefficient (Wildman–Crippen LogP) is 9.00. The smallest absolute Gasteiger partial charge is 0.494 e. The third kappa shape index (κ3) is 14.2. The quantitative estimate of drug-likeness (QED) is 0.0283. The zero-order valence-electron chi connectivity index (χ0n) is 33.6. The predicted molar refractivity (Wildman–Crippen MR) is 217 cm³/mol. The van der Waals surface area contributed by atoms with Gasteiger partial charge in [0, 0.05) is 12.2 Å². The van der Waals surface area contributed by atoms with Crippen LogP contribution in [-0.4, -0.2) is 62.6 Å². The Labute approximate surface area is 355 Å². The van der Waals surface area contributed by atoms with Gasteiger partial charge in [0.2, 0.25) is 11.5 Å². The van der Waals surface area contributed by atoms with E-state index in [9.17, 15) is 32.8 Å². The van der Waals surface area contributed by atoms with Crippen LogP contribution in [-0.2, 0) is 19.1 Å². The zero-order valence-corrected chi connectivity index (χ0v) is 33.6. The van der Waals surface area contributed by atoms with Gasteiger partial charge in [0.15, 0.2) is 11.5 Å². The minimum absolute atomic E-state index is 0.00566. The first kappa shape index (κ1) is 45.8. The second kappa shape index (κ2) is 23.0. The summed E-state index contributed by atoms with van der Waals surface area (Å²) in [7, 11) is 0. The highest BCUT2D eigenvalue weighted by molar-refractivity contribution is 5.94. The van der Waals surface area contributed by atoms with E-state index < -0.39 is 47.6 Å². The van der Waals surface area contributed by atoms with Gasteiger partial charge in [0.1, 0.15) is 17.2 Å². The van der Waals surface area contributed by atoms with Crippen molar-refractivity contribution in [3.8, 4) is 40.2 Å². The van der Waals surface area contributed by atoms with Gasteiger partial charge in [-0.15, -0.1) is 8.78 Å². The van der Waals surface area contributed by atoms with Crippen molar-refractivity contribution in [2.24, 2.45) is 0 Å². The number of ether oxygens (including phenoxy) is 9. The van der Waals surface area contributed by atoms with E-state index in [1.807, 2.05) is 0 Å². The fourth-order valence-electron chi connectivity index (χ4n) is 5.62. The molecule has 0 saturated carbocycles. The highest BCUT2D eigenvalue weighted by Gasteiger charge is 2.47. The van der Waals surface area contributed by atoms with Crippen LogP contribution in [0.25, 0.3) is 0 Å². The molecule has 1 heterocycles. The van der Waals surface area contributed by atoms with Crippen molar-refractivity contribution in [2.75, 3.05) is 26.4 Å². The van der Waals surface area contributed by atoms with E-state index in [1.54, 1.807) is 24.3 Å². The van der Waals surface area contributed by atoms with Gasteiger partial charge in [-0.1, -0.05) is 13.2 Å². The van der Waals surface area contributed by atoms with Gasteiger partial charge in [-0.05, 0) is 136 Å². The lowest BCUT2D eigenvalue weighted by Gasteiger charge is -2.11. The zero-order chi connectivity index (χ0) is 44.3. The molecule has 14 nitrogen and oxygen atoms in total. The van der Waals surface area contributed by atoms with Gasteiger partial charge in [-0.2, -0.15) is 0 Å². The minimum Gasteiger partial charge on any atom is -0.494 e. The molecule has 4 aromatic rings. The molecule has 0 spiro atoms. The maximum absolute atomic E-state index is 14.1. The first-order valence-corrected chi connectivity index (χ1v) is 19.7. The third-order valence-electron chi connectivity index (χ3n) is 8.80. The Morgan fingerprint density at radius 1 is 0.468 bits per heavy atom. The highest BCUT2D eigenvalue weighted by Crippen LogP contribution is 2.52. The van der Waals surface area contributed by atoms with Gasteiger partial charge in [-0.3, -0.25) is 0 Å². The molecule has 0 bridgehead atoms. The molecule has 1 aliphatic rings. The number of halogens is 2. The summed E-state index contributed by atoms with van der Waals surface area (Å²) < 4.78 is 75.0. The summed E-state index contributed by atoms with van der Waals surface area (Å²) in [6.45, 7) is 7.95. The Morgan fingerprint density at radius 3 is 1.29 bits per heavy atom. The summed E-state index contributed by atoms with van der Waals surface area (Å²) in [5.74, 6) is -3.62. The number of carbonyl (C=O) groups is 5. The average molecular weight is 859 g/mol. The van der Waals surface area contributed by atoms with Crippen LogP contribution in [0.1, 0.15) is 82.4 Å². The summed E-state index contributed by atoms with van der Waals surface area (Å²) in [5, 5.41) is 0. The summed E-state index contributed by atoms with van der Waals surface area (Å²) in [6.07, 6.45) is 4.25. The molecule has 0 unspecified atom stereocenters. The van der Waals surface area contributed by atoms with Crippen LogP contribution in [0, 0.1) is 0 Å². The molecule has 4 aromatic carbocycles. The lowest BCUT2D eigenvalue weighted by atomic mass is 10.2. The molecule has 62 heavy (non-hydrogen) atoms. The molecule has 0 fully saturated rings. The number of hydrogen-bond acceptors (Lipinski definition) is 14. The first-order chi connectivity index (χ1) is 29.9. The molecule has 0 saturated heterocycles. The van der Waals surface area contributed by atoms with Crippen LogP contribution in [0.2, 0.25) is 0 Å². The number of carbonyl (C=O) groups excluding carboxylic acids is 5. The van der Waals surface area contributed by atoms with Crippen molar-refractivity contribution < 1.29 is 75.4 Å². The Morgan fingerprint density at radius 2 is 0.839 bits per heavy atom. The topological polar surface area (TPSA) is 168 Å². The summed E-state index contributed by atoms with van der Waals surface area (Å²) in [5.41, 5.74) is 0.446. The number of alkyl halides is 2. The Hall–Kier alpha value is -7.23. The number of hydrogen-bond donors (Lipinski definition) is 0. The summed E-state index contributed by atoms with van der Waals surface area (Å²) in [6, 6.07) is 20.1. The molecular formula is C46H44F2O14. The molecule has 5 rings (SSSR count). The average Bonchev–Trinajstić information content (AvgIpc) is 3.61. The third-order valence-corrected chi connectivity index (χ3v) is 8.80. The molecule has 16 heteroatoms. The van der Waals surface area contributed by atoms with Crippen LogP contribution in [0.15, 0.2) is 110 Å². The van der Waals surface area contributed by atoms with E-state index >= 15 is 0 Å². The molecule has 0 amide bonds. The molecular weight excluding hydrogens is 814 g/mol. The van der Waals surface area contributed by atoms with Crippen LogP contribution in [0.4, 0.5) is 8.78 Å². The standard InChI is InChI=1S/C46H44F2O14/c1-3-39(49)56-29-11-7-5-9-27-54-34-19-13-31(14-20-34)43(51)58-35-21-15-32(16-22-35)44(52)59-36-23-17-33(18-24-36)45(53)60-38-26-25-37(41-42(38)62-46(47,48)61-41)55-28-10-6-8-12-30-57-40(50)4-2/h3-4,13-26H,1-2,5-12,27-30H2. The number of esters is 5. The second-order valence-electron chi connectivity index (χ2n) is 13.4. The van der Waals surface area contributed by atoms with Gasteiger partial charge in [0.25, 0.3) is 0 Å². The monoisotopic (exact) mass is 858 g/mol. The van der Waals surface area contributed by atoms with Gasteiger partial charge >= 0.3 is 36.1 Å². The van der Waals surface area contributed by atoms with Crippen molar-refractivity contribution in [1.82, 2.24) is 0 Å². The number of rotatable bonds is 24. The lowest BCUT2D eigenvalue weighted by molar-refractivity contribution is -0.287. The summed E-state index contributed by atoms with van der Waals surface area (Å²) in [4.78, 5) is 60.6. The van der Waals surface area contributed by atoms with E-state index in [0.717, 1.165) is 50.7 Å². The highest BCUT2D eigenvalue weighted by atomic mass is 19.3. The fraction of sp³-hybridized carbons (Fsp3) is 0.283. The molecule has 0 N–H and O–H groups in total. The van der Waals surface area contributed by atoms with E-state index in [4.69, 9.17) is 33.2 Å². The Bertz CT molecular complexity index is 2190. The molecule has 326 valence electrons. The molecule has 1 aliphatic heterocycles. The first-order valence-electron chi connectivity index (χ1n) is 19.7. The number of unbranched alkanes of at least 4 members (excludes halogenated alkanes) is 6. The van der Waals surface area contributed by atoms with Crippen LogP contribution in [0.5, 0.6) is 40.2 Å². The van der Waals surface area contributed by atoms with E-state index in [2.05, 4.69) is 22.6 Å². The van der Waals surface area contributed by atoms with Crippen molar-refractivity contribution in [3.63, 3.8) is 0 Å². The molecule has 0 aromatic heterocycles. The maximum Gasteiger partial charge on any atom is 0.586 e. The van der Waals surface area contributed by atoms with Crippen LogP contribution < -0.4 is 33.2 Å². The van der Waals surface area contributed by atoms with E-state index in [-0.39, 0.29) is 47.3 Å². The minimum atomic E-state index is -4.03. The van der Waals surface area contributed by atoms with Gasteiger partial charge in [-0.25, -0.2) is 24.0 Å². The fourth-order valence-corrected chi connectivity index (χ4v) is 5.62. The van der Waals surface area contributed by atoms with Crippen molar-refractivity contribution in [1.29, 1.82) is 0 Å². The SMILES string of the molecule is C=CC(=O)OCCCCCCOc1ccc(C(=O)Oc2ccc(C(=O)Oc3ccc(C(=O)Oc4ccc(OCCCCCCOC(=O)C=C)c5c4OC(F)(F)O5)cc3)cc2)cc1. The molecule has 0 atom stereocenters. The Kier molecular flexibility index (Phi) is 17.0. The second-order valence-corrected chi connectivity index (χ2v) is 13.4. The van der Waals surface area contributed by atoms with E-state index in [0.29, 0.717) is 37.4 Å². The van der Waals surface area contributed by atoms with Gasteiger partial charge in [0.05, 0.1) is 43.1 Å². The Balaban J connectivity index is 1.04. The van der Waals surface area contributed by atoms with Gasteiger partial charge < -0.3 is 42.6 Å². The van der Waals surface area contributed by atoms with Crippen molar-refractivity contribution in [2.45, 2.75) is 57.7 Å². The lowest BCUT2D eigenvalue weighted by Crippen LogP contribution is -2.26. The molecule has 0 aliphatic carbocycles. The number of benzene rings is 4. The number of fused-ring (bicyclic) bond motifs is 1. The van der Waals surface area contributed by atoms with E-state index in [1.165, 1.54) is 60.7 Å². The van der Waals surface area contributed by atoms with Crippen molar-refractivity contribution in [3.05, 3.63) is 127 Å². The largest absolute Gasteiger partial charge is 0.586 e. The molecule has 0 radical (unpaired) electrons. The normalized spacial score (nSPS) is 12.0. The van der Waals surface area contributed by atoms with Crippen LogP contribution in [0.3, 0.4) is 0 Å². The maximum atomic E-state index is 14.1. The summed E-state index contributed by atoms with van der Waals surface area (Å²) >= 11 is 0. The van der Waals surface area contributed by atoms with Crippen molar-refractivity contribution >= 4 is 29.8 Å².